The van der Waals surface area contributed by atoms with Crippen molar-refractivity contribution in [1.82, 2.24) is 4.90 Å². The van der Waals surface area contributed by atoms with Crippen LogP contribution in [0.5, 0.6) is 0 Å². The molecule has 1 atom stereocenters. The molecule has 1 fully saturated rings. The van der Waals surface area contributed by atoms with Crippen molar-refractivity contribution in [3.8, 4) is 0 Å². The molecular formula is C13H23NO4. The third kappa shape index (κ3) is 5.04. The largest absolute Gasteiger partial charge is 0.460 e. The van der Waals surface area contributed by atoms with E-state index in [1.807, 2.05) is 20.8 Å². The van der Waals surface area contributed by atoms with Gasteiger partial charge >= 0.3 is 5.97 Å². The van der Waals surface area contributed by atoms with Crippen LogP contribution < -0.4 is 0 Å². The standard InChI is InChI=1S/C13H23NO4/c1-13(2,3)18-12(16)6-5-11(15)14-8-7-10(9-14)17-4/h10H,5-9H2,1-4H3. The van der Waals surface area contributed by atoms with Crippen molar-refractivity contribution in [2.45, 2.75) is 51.7 Å². The van der Waals surface area contributed by atoms with Gasteiger partial charge in [0.2, 0.25) is 5.91 Å². The molecule has 1 heterocycles. The van der Waals surface area contributed by atoms with E-state index in [9.17, 15) is 9.59 Å². The first-order valence-electron chi connectivity index (χ1n) is 6.34. The zero-order valence-electron chi connectivity index (χ0n) is 11.7. The van der Waals surface area contributed by atoms with Crippen molar-refractivity contribution in [2.24, 2.45) is 0 Å². The van der Waals surface area contributed by atoms with E-state index in [0.717, 1.165) is 6.42 Å². The van der Waals surface area contributed by atoms with Crippen LogP contribution in [-0.4, -0.2) is 48.7 Å². The fraction of sp³-hybridized carbons (Fsp3) is 0.846. The van der Waals surface area contributed by atoms with E-state index in [0.29, 0.717) is 13.1 Å². The maximum absolute atomic E-state index is 11.8. The minimum atomic E-state index is -0.491. The maximum atomic E-state index is 11.8. The van der Waals surface area contributed by atoms with Crippen LogP contribution in [0.2, 0.25) is 0 Å². The Morgan fingerprint density at radius 3 is 2.44 bits per heavy atom. The lowest BCUT2D eigenvalue weighted by Gasteiger charge is -2.20. The first kappa shape index (κ1) is 15.0. The van der Waals surface area contributed by atoms with Crippen LogP contribution in [0.3, 0.4) is 0 Å². The second kappa shape index (κ2) is 6.18. The minimum absolute atomic E-state index is 0.000379. The summed E-state index contributed by atoms with van der Waals surface area (Å²) in [5.74, 6) is -0.321. The van der Waals surface area contributed by atoms with Crippen LogP contribution in [0, 0.1) is 0 Å². The first-order valence-corrected chi connectivity index (χ1v) is 6.34. The second-order valence-electron chi connectivity index (χ2n) is 5.57. The van der Waals surface area contributed by atoms with Crippen LogP contribution in [0.1, 0.15) is 40.0 Å². The van der Waals surface area contributed by atoms with Gasteiger partial charge in [-0.15, -0.1) is 0 Å². The highest BCUT2D eigenvalue weighted by Gasteiger charge is 2.26. The van der Waals surface area contributed by atoms with Gasteiger partial charge in [-0.25, -0.2) is 0 Å². The van der Waals surface area contributed by atoms with E-state index in [1.165, 1.54) is 0 Å². The van der Waals surface area contributed by atoms with E-state index in [2.05, 4.69) is 0 Å². The molecule has 18 heavy (non-hydrogen) atoms. The molecule has 0 aromatic heterocycles. The number of hydrogen-bond donors (Lipinski definition) is 0. The normalized spacial score (nSPS) is 20.0. The molecule has 5 heteroatoms. The molecule has 1 saturated heterocycles. The molecule has 0 radical (unpaired) electrons. The summed E-state index contributed by atoms with van der Waals surface area (Å²) >= 11 is 0. The molecule has 1 aliphatic heterocycles. The van der Waals surface area contributed by atoms with Gasteiger partial charge in [-0.05, 0) is 27.2 Å². The molecule has 0 aromatic rings. The Kier molecular flexibility index (Phi) is 5.14. The SMILES string of the molecule is COC1CCN(C(=O)CCC(=O)OC(C)(C)C)C1. The summed E-state index contributed by atoms with van der Waals surface area (Å²) < 4.78 is 10.4. The first-order chi connectivity index (χ1) is 8.31. The van der Waals surface area contributed by atoms with Crippen molar-refractivity contribution < 1.29 is 19.1 Å². The molecule has 104 valence electrons. The molecular weight excluding hydrogens is 234 g/mol. The molecule has 0 aromatic carbocycles. The number of hydrogen-bond acceptors (Lipinski definition) is 4. The fourth-order valence-corrected chi connectivity index (χ4v) is 1.91. The van der Waals surface area contributed by atoms with Crippen LogP contribution in [0.4, 0.5) is 0 Å². The number of likely N-dealkylation sites (tertiary alicyclic amines) is 1. The molecule has 0 bridgehead atoms. The Bertz CT molecular complexity index is 309. The van der Waals surface area contributed by atoms with Crippen LogP contribution in [0.25, 0.3) is 0 Å². The van der Waals surface area contributed by atoms with E-state index >= 15 is 0 Å². The Balaban J connectivity index is 2.27. The number of nitrogens with zero attached hydrogens (tertiary/aromatic N) is 1. The van der Waals surface area contributed by atoms with Crippen molar-refractivity contribution in [3.05, 3.63) is 0 Å². The second-order valence-corrected chi connectivity index (χ2v) is 5.57. The summed E-state index contributed by atoms with van der Waals surface area (Å²) in [6, 6.07) is 0. The van der Waals surface area contributed by atoms with E-state index in [1.54, 1.807) is 12.0 Å². The molecule has 0 saturated carbocycles. The van der Waals surface area contributed by atoms with E-state index < -0.39 is 5.60 Å². The highest BCUT2D eigenvalue weighted by atomic mass is 16.6. The van der Waals surface area contributed by atoms with Crippen LogP contribution in [-0.2, 0) is 19.1 Å². The predicted octanol–water partition coefficient (Wildman–Crippen LogP) is 1.36. The molecule has 1 amide bonds. The zero-order chi connectivity index (χ0) is 13.8. The van der Waals surface area contributed by atoms with Crippen LogP contribution in [0.15, 0.2) is 0 Å². The smallest absolute Gasteiger partial charge is 0.306 e. The molecule has 0 N–H and O–H groups in total. The van der Waals surface area contributed by atoms with Gasteiger partial charge in [0, 0.05) is 26.6 Å². The van der Waals surface area contributed by atoms with Gasteiger partial charge in [0.05, 0.1) is 12.5 Å². The number of esters is 1. The summed E-state index contributed by atoms with van der Waals surface area (Å²) in [6.07, 6.45) is 1.36. The van der Waals surface area contributed by atoms with E-state index in [4.69, 9.17) is 9.47 Å². The topological polar surface area (TPSA) is 55.8 Å². The number of carbonyl (C=O) groups excluding carboxylic acids is 2. The highest BCUT2D eigenvalue weighted by molar-refractivity contribution is 5.81. The Morgan fingerprint density at radius 1 is 1.28 bits per heavy atom. The lowest BCUT2D eigenvalue weighted by molar-refractivity contribution is -0.156. The van der Waals surface area contributed by atoms with Gasteiger partial charge in [-0.2, -0.15) is 0 Å². The van der Waals surface area contributed by atoms with Gasteiger partial charge < -0.3 is 14.4 Å². The predicted molar refractivity (Wildman–Crippen MR) is 67.1 cm³/mol. The average molecular weight is 257 g/mol. The van der Waals surface area contributed by atoms with Gasteiger partial charge in [0.25, 0.3) is 0 Å². The lowest BCUT2D eigenvalue weighted by atomic mass is 10.2. The summed E-state index contributed by atoms with van der Waals surface area (Å²) in [7, 11) is 1.65. The molecule has 1 rings (SSSR count). The minimum Gasteiger partial charge on any atom is -0.460 e. The van der Waals surface area contributed by atoms with Gasteiger partial charge in [-0.1, -0.05) is 0 Å². The summed E-state index contributed by atoms with van der Waals surface area (Å²) in [5, 5.41) is 0. The van der Waals surface area contributed by atoms with Crippen molar-refractivity contribution >= 4 is 11.9 Å². The third-order valence-corrected chi connectivity index (χ3v) is 2.79. The summed E-state index contributed by atoms with van der Waals surface area (Å²) in [4.78, 5) is 25.1. The number of ether oxygens (including phenoxy) is 2. The number of amides is 1. The van der Waals surface area contributed by atoms with Gasteiger partial charge in [0.1, 0.15) is 5.60 Å². The zero-order valence-corrected chi connectivity index (χ0v) is 11.7. The molecule has 0 aliphatic carbocycles. The number of carbonyl (C=O) groups is 2. The van der Waals surface area contributed by atoms with Crippen molar-refractivity contribution in [3.63, 3.8) is 0 Å². The van der Waals surface area contributed by atoms with Gasteiger partial charge in [-0.3, -0.25) is 9.59 Å². The summed E-state index contributed by atoms with van der Waals surface area (Å²) in [6.45, 7) is 6.79. The molecule has 0 spiro atoms. The lowest BCUT2D eigenvalue weighted by Crippen LogP contribution is -2.31. The Morgan fingerprint density at radius 2 is 1.94 bits per heavy atom. The quantitative estimate of drug-likeness (QED) is 0.713. The number of methoxy groups -OCH3 is 1. The highest BCUT2D eigenvalue weighted by Crippen LogP contribution is 2.14. The maximum Gasteiger partial charge on any atom is 0.306 e. The molecule has 1 aliphatic rings. The average Bonchev–Trinajstić information content (AvgIpc) is 2.72. The van der Waals surface area contributed by atoms with Crippen molar-refractivity contribution in [2.75, 3.05) is 20.2 Å². The van der Waals surface area contributed by atoms with Crippen molar-refractivity contribution in [1.29, 1.82) is 0 Å². The number of rotatable bonds is 4. The monoisotopic (exact) mass is 257 g/mol. The van der Waals surface area contributed by atoms with Gasteiger partial charge in [0.15, 0.2) is 0 Å². The molecule has 1 unspecified atom stereocenters. The molecule has 5 nitrogen and oxygen atoms in total. The third-order valence-electron chi connectivity index (χ3n) is 2.79. The van der Waals surface area contributed by atoms with E-state index in [-0.39, 0.29) is 30.8 Å². The summed E-state index contributed by atoms with van der Waals surface area (Å²) in [5.41, 5.74) is -0.491. The fourth-order valence-electron chi connectivity index (χ4n) is 1.91. The Labute approximate surface area is 108 Å². The van der Waals surface area contributed by atoms with Crippen LogP contribution >= 0.6 is 0 Å². The Hall–Kier alpha value is -1.10.